The highest BCUT2D eigenvalue weighted by Crippen LogP contribution is 2.31. The first-order chi connectivity index (χ1) is 18.7. The number of aromatic nitrogens is 4. The molecule has 0 saturated carbocycles. The number of carbonyl (C=O) groups is 2. The van der Waals surface area contributed by atoms with Gasteiger partial charge in [-0.05, 0) is 23.2 Å². The Balaban J connectivity index is 1.91. The number of ether oxygens (including phenoxy) is 2. The number of benzene rings is 1. The number of alkyl halides is 3. The van der Waals surface area contributed by atoms with Gasteiger partial charge in [0.2, 0.25) is 5.28 Å². The molecule has 0 aliphatic carbocycles. The summed E-state index contributed by atoms with van der Waals surface area (Å²) in [5.74, 6) is -2.17. The lowest BCUT2D eigenvalue weighted by atomic mass is 9.93. The zero-order valence-electron chi connectivity index (χ0n) is 20.1. The average molecular weight is 588 g/mol. The molecule has 40 heavy (non-hydrogen) atoms. The molecule has 3 rings (SSSR count). The van der Waals surface area contributed by atoms with Crippen LogP contribution in [0.25, 0.3) is 11.2 Å². The summed E-state index contributed by atoms with van der Waals surface area (Å²) in [4.78, 5) is 35.8. The van der Waals surface area contributed by atoms with Crippen LogP contribution in [0.1, 0.15) is 17.4 Å². The standard InChI is InChI=1S/C23H21ClF3N5O8/c1-2-14(34)18(32-10-29-15-16(28)30-21(24)31-17(15)32)40-13(8-33)9-39-22(19(35)36,20(37)38)7-11-4-3-5-12(6-11)23(25,26)27/h1,3-6,10,13-14,18,33-34H,7-9H2,(H,35,36)(H,37,38)(H2,28,30,31)/t13-,14+,18+/m0/s1. The van der Waals surface area contributed by atoms with Crippen molar-refractivity contribution < 1.29 is 52.7 Å². The zero-order chi connectivity index (χ0) is 29.8. The van der Waals surface area contributed by atoms with Gasteiger partial charge in [-0.25, -0.2) is 14.6 Å². The number of anilines is 1. The van der Waals surface area contributed by atoms with Crippen molar-refractivity contribution in [3.63, 3.8) is 0 Å². The SMILES string of the molecule is C#C[C@@H](O)[C@@H](O[C@@H](CO)COC(Cc1cccc(C(F)(F)F)c1)(C(=O)O)C(=O)O)n1cnc2c(N)nc(Cl)nc21. The van der Waals surface area contributed by atoms with Gasteiger partial charge in [0.25, 0.3) is 5.60 Å². The van der Waals surface area contributed by atoms with Crippen LogP contribution in [-0.4, -0.2) is 82.9 Å². The Morgan fingerprint density at radius 3 is 2.48 bits per heavy atom. The molecule has 13 nitrogen and oxygen atoms in total. The van der Waals surface area contributed by atoms with Gasteiger partial charge in [0, 0.05) is 6.42 Å². The number of nitrogens with two attached hydrogens (primary N) is 1. The highest BCUT2D eigenvalue weighted by Gasteiger charge is 2.49. The molecule has 3 aromatic rings. The van der Waals surface area contributed by atoms with Crippen LogP contribution < -0.4 is 5.73 Å². The summed E-state index contributed by atoms with van der Waals surface area (Å²) in [6, 6.07) is 3.40. The summed E-state index contributed by atoms with van der Waals surface area (Å²) >= 11 is 5.84. The van der Waals surface area contributed by atoms with Crippen LogP contribution in [0.4, 0.5) is 19.0 Å². The van der Waals surface area contributed by atoms with Crippen molar-refractivity contribution in [1.29, 1.82) is 0 Å². The summed E-state index contributed by atoms with van der Waals surface area (Å²) in [7, 11) is 0. The molecule has 0 aliphatic rings. The number of fused-ring (bicyclic) bond motifs is 1. The minimum atomic E-state index is -4.77. The third-order valence-electron chi connectivity index (χ3n) is 5.59. The third-order valence-corrected chi connectivity index (χ3v) is 5.75. The maximum Gasteiger partial charge on any atom is 0.416 e. The molecule has 214 valence electrons. The van der Waals surface area contributed by atoms with Crippen LogP contribution in [-0.2, 0) is 31.7 Å². The first-order valence-corrected chi connectivity index (χ1v) is 11.4. The summed E-state index contributed by atoms with van der Waals surface area (Å²) in [6.07, 6.45) is -4.17. The quantitative estimate of drug-likeness (QED) is 0.115. The summed E-state index contributed by atoms with van der Waals surface area (Å²) in [5, 5.41) is 39.5. The second-order valence-corrected chi connectivity index (χ2v) is 8.61. The van der Waals surface area contributed by atoms with Crippen molar-refractivity contribution in [1.82, 2.24) is 19.5 Å². The molecule has 0 unspecified atom stereocenters. The van der Waals surface area contributed by atoms with Gasteiger partial charge in [0.15, 0.2) is 23.8 Å². The van der Waals surface area contributed by atoms with E-state index in [1.54, 1.807) is 0 Å². The van der Waals surface area contributed by atoms with Crippen LogP contribution in [0.15, 0.2) is 30.6 Å². The Morgan fingerprint density at radius 2 is 1.90 bits per heavy atom. The molecule has 1 aromatic carbocycles. The topological polar surface area (TPSA) is 203 Å². The number of carboxylic acid groups (broad SMARTS) is 2. The van der Waals surface area contributed by atoms with Gasteiger partial charge in [-0.3, -0.25) is 4.57 Å². The van der Waals surface area contributed by atoms with Gasteiger partial charge in [0.05, 0.1) is 25.1 Å². The van der Waals surface area contributed by atoms with E-state index in [9.17, 15) is 43.2 Å². The fraction of sp³-hybridized carbons (Fsp3) is 0.348. The number of hydrogen-bond acceptors (Lipinski definition) is 10. The van der Waals surface area contributed by atoms with Gasteiger partial charge in [-0.15, -0.1) is 6.42 Å². The number of nitrogen functional groups attached to an aromatic ring is 1. The Hall–Kier alpha value is -4.01. The van der Waals surface area contributed by atoms with E-state index in [0.29, 0.717) is 6.07 Å². The van der Waals surface area contributed by atoms with Crippen LogP contribution in [0.2, 0.25) is 5.28 Å². The molecule has 0 spiro atoms. The molecule has 0 bridgehead atoms. The van der Waals surface area contributed by atoms with E-state index in [1.165, 1.54) is 0 Å². The number of rotatable bonds is 12. The molecule has 0 saturated heterocycles. The van der Waals surface area contributed by atoms with Crippen molar-refractivity contribution in [2.24, 2.45) is 0 Å². The molecule has 0 amide bonds. The Kier molecular flexibility index (Phi) is 9.18. The molecular formula is C23H21ClF3N5O8. The maximum atomic E-state index is 13.1. The summed E-state index contributed by atoms with van der Waals surface area (Å²) in [6.45, 7) is -1.83. The number of imidazole rings is 1. The monoisotopic (exact) mass is 587 g/mol. The highest BCUT2D eigenvalue weighted by molar-refractivity contribution is 6.28. The predicted molar refractivity (Wildman–Crippen MR) is 130 cm³/mol. The van der Waals surface area contributed by atoms with Gasteiger partial charge in [0.1, 0.15) is 11.6 Å². The second kappa shape index (κ2) is 12.0. The Labute approximate surface area is 227 Å². The van der Waals surface area contributed by atoms with Gasteiger partial charge < -0.3 is 35.6 Å². The molecule has 2 aromatic heterocycles. The van der Waals surface area contributed by atoms with Crippen LogP contribution in [0, 0.1) is 12.3 Å². The number of aliphatic hydroxyl groups is 2. The van der Waals surface area contributed by atoms with Crippen molar-refractivity contribution in [2.75, 3.05) is 18.9 Å². The van der Waals surface area contributed by atoms with E-state index in [-0.39, 0.29) is 27.8 Å². The smallest absolute Gasteiger partial charge is 0.416 e. The first-order valence-electron chi connectivity index (χ1n) is 11.1. The number of carboxylic acids is 2. The van der Waals surface area contributed by atoms with Crippen LogP contribution in [0.3, 0.4) is 0 Å². The number of nitrogens with zero attached hydrogens (tertiary/aromatic N) is 4. The largest absolute Gasteiger partial charge is 0.479 e. The van der Waals surface area contributed by atoms with Crippen molar-refractivity contribution in [3.05, 3.63) is 47.0 Å². The lowest BCUT2D eigenvalue weighted by Gasteiger charge is -2.30. The Morgan fingerprint density at radius 1 is 1.23 bits per heavy atom. The first kappa shape index (κ1) is 30.5. The average Bonchev–Trinajstić information content (AvgIpc) is 3.30. The number of terminal acetylenes is 1. The zero-order valence-corrected chi connectivity index (χ0v) is 20.9. The van der Waals surface area contributed by atoms with Gasteiger partial charge in [-0.1, -0.05) is 24.1 Å². The maximum absolute atomic E-state index is 13.1. The fourth-order valence-corrected chi connectivity index (χ4v) is 3.77. The molecule has 0 radical (unpaired) electrons. The van der Waals surface area contributed by atoms with Crippen molar-refractivity contribution >= 4 is 40.5 Å². The van der Waals surface area contributed by atoms with Gasteiger partial charge in [-0.2, -0.15) is 23.1 Å². The van der Waals surface area contributed by atoms with E-state index < -0.39 is 67.3 Å². The lowest BCUT2D eigenvalue weighted by Crippen LogP contribution is -2.52. The molecule has 6 N–H and O–H groups in total. The second-order valence-electron chi connectivity index (χ2n) is 8.27. The van der Waals surface area contributed by atoms with E-state index in [4.69, 9.17) is 33.2 Å². The van der Waals surface area contributed by atoms with E-state index in [0.717, 1.165) is 29.1 Å². The predicted octanol–water partition coefficient (Wildman–Crippen LogP) is 1.12. The molecule has 0 aliphatic heterocycles. The molecule has 3 atom stereocenters. The summed E-state index contributed by atoms with van der Waals surface area (Å²) in [5.41, 5.74) is 1.26. The lowest BCUT2D eigenvalue weighted by molar-refractivity contribution is -0.195. The normalized spacial score (nSPS) is 14.4. The number of halogens is 4. The van der Waals surface area contributed by atoms with Crippen LogP contribution in [0.5, 0.6) is 0 Å². The van der Waals surface area contributed by atoms with Crippen LogP contribution >= 0.6 is 11.6 Å². The number of hydrogen-bond donors (Lipinski definition) is 5. The molecular weight excluding hydrogens is 567 g/mol. The van der Waals surface area contributed by atoms with E-state index in [2.05, 4.69) is 15.0 Å². The number of aliphatic hydroxyl groups excluding tert-OH is 2. The summed E-state index contributed by atoms with van der Waals surface area (Å²) < 4.78 is 51.3. The molecule has 2 heterocycles. The van der Waals surface area contributed by atoms with E-state index >= 15 is 0 Å². The minimum absolute atomic E-state index is 0.0376. The molecule has 17 heteroatoms. The Bertz CT molecular complexity index is 1430. The van der Waals surface area contributed by atoms with Crippen molar-refractivity contribution in [3.8, 4) is 12.3 Å². The highest BCUT2D eigenvalue weighted by atomic mass is 35.5. The molecule has 0 fully saturated rings. The van der Waals surface area contributed by atoms with Crippen molar-refractivity contribution in [2.45, 2.75) is 36.6 Å². The minimum Gasteiger partial charge on any atom is -0.479 e. The van der Waals surface area contributed by atoms with E-state index in [1.807, 2.05) is 5.92 Å². The van der Waals surface area contributed by atoms with Gasteiger partial charge >= 0.3 is 18.1 Å². The number of aliphatic carboxylic acids is 2. The fourth-order valence-electron chi connectivity index (χ4n) is 3.60. The third kappa shape index (κ3) is 6.41.